The molecule has 0 atom stereocenters. The molecule has 27 heavy (non-hydrogen) atoms. The zero-order valence-electron chi connectivity index (χ0n) is 16.8. The molecular weight excluding hydrogens is 360 g/mol. The lowest BCUT2D eigenvalue weighted by molar-refractivity contribution is 0.172. The van der Waals surface area contributed by atoms with Gasteiger partial charge in [-0.2, -0.15) is 0 Å². The third-order valence-corrected chi connectivity index (χ3v) is 4.66. The van der Waals surface area contributed by atoms with Gasteiger partial charge in [0, 0.05) is 49.7 Å². The van der Waals surface area contributed by atoms with E-state index >= 15 is 0 Å². The topological polar surface area (TPSA) is 67.8 Å². The van der Waals surface area contributed by atoms with Gasteiger partial charge in [-0.3, -0.25) is 4.99 Å². The van der Waals surface area contributed by atoms with Gasteiger partial charge in [-0.15, -0.1) is 11.3 Å². The number of hydrogen-bond donors (Lipinski definition) is 2. The summed E-state index contributed by atoms with van der Waals surface area (Å²) in [5, 5.41) is 9.76. The number of hydrogen-bond acceptors (Lipinski definition) is 5. The Morgan fingerprint density at radius 2 is 2.07 bits per heavy atom. The van der Waals surface area contributed by atoms with Crippen molar-refractivity contribution in [1.82, 2.24) is 10.3 Å². The zero-order chi connectivity index (χ0) is 19.7. The van der Waals surface area contributed by atoms with E-state index in [9.17, 15) is 0 Å². The molecule has 0 radical (unpaired) electrons. The fourth-order valence-corrected chi connectivity index (χ4v) is 3.23. The highest BCUT2D eigenvalue weighted by molar-refractivity contribution is 7.09. The Morgan fingerprint density at radius 1 is 1.26 bits per heavy atom. The van der Waals surface area contributed by atoms with Crippen LogP contribution in [0.2, 0.25) is 0 Å². The van der Waals surface area contributed by atoms with Crippen molar-refractivity contribution < 1.29 is 9.47 Å². The van der Waals surface area contributed by atoms with Crippen LogP contribution in [0, 0.1) is 0 Å². The number of aliphatic imine (C=N–C) groups is 1. The number of nitrogens with one attached hydrogen (secondary N) is 2. The molecule has 1 heterocycles. The summed E-state index contributed by atoms with van der Waals surface area (Å²) < 4.78 is 10.8. The Hall–Kier alpha value is -2.12. The maximum atomic E-state index is 5.74. The van der Waals surface area contributed by atoms with Crippen molar-refractivity contribution in [3.8, 4) is 5.75 Å². The van der Waals surface area contributed by atoms with Gasteiger partial charge in [0.25, 0.3) is 0 Å². The summed E-state index contributed by atoms with van der Waals surface area (Å²) in [5.41, 5.74) is 2.10. The van der Waals surface area contributed by atoms with Crippen LogP contribution in [0.5, 0.6) is 5.75 Å². The first-order chi connectivity index (χ1) is 12.9. The molecule has 0 saturated carbocycles. The first kappa shape index (κ1) is 21.2. The van der Waals surface area contributed by atoms with E-state index in [1.165, 1.54) is 0 Å². The van der Waals surface area contributed by atoms with Crippen LogP contribution in [0.4, 0.5) is 5.69 Å². The van der Waals surface area contributed by atoms with E-state index in [1.54, 1.807) is 25.5 Å². The quantitative estimate of drug-likeness (QED) is 0.404. The smallest absolute Gasteiger partial charge is 0.195 e. The second kappa shape index (κ2) is 10.3. The molecule has 0 aliphatic rings. The Balaban J connectivity index is 1.88. The van der Waals surface area contributed by atoms with Gasteiger partial charge in [0.15, 0.2) is 5.96 Å². The summed E-state index contributed by atoms with van der Waals surface area (Å²) in [5.74, 6) is 1.51. The Bertz CT molecular complexity index is 738. The number of methoxy groups -OCH3 is 1. The second-order valence-electron chi connectivity index (χ2n) is 7.15. The number of rotatable bonds is 8. The van der Waals surface area contributed by atoms with Crippen LogP contribution < -0.4 is 15.4 Å². The van der Waals surface area contributed by atoms with E-state index in [2.05, 4.69) is 41.8 Å². The average molecular weight is 391 g/mol. The van der Waals surface area contributed by atoms with Gasteiger partial charge in [-0.25, -0.2) is 4.98 Å². The first-order valence-corrected chi connectivity index (χ1v) is 9.94. The molecule has 6 nitrogen and oxygen atoms in total. The third kappa shape index (κ3) is 7.19. The van der Waals surface area contributed by atoms with Crippen LogP contribution in [0.3, 0.4) is 0 Å². The molecule has 148 valence electrons. The standard InChI is InChI=1S/C20H30N4O2S/c1-20(2,3)17-14-27-18(24-17)13-22-19(21-4)23-15-8-6-9-16(12-15)26-11-7-10-25-5/h6,8-9,12,14H,7,10-11,13H2,1-5H3,(H2,21,22,23). The van der Waals surface area contributed by atoms with Gasteiger partial charge in [-0.1, -0.05) is 26.8 Å². The van der Waals surface area contributed by atoms with E-state index in [0.29, 0.717) is 25.7 Å². The summed E-state index contributed by atoms with van der Waals surface area (Å²) in [7, 11) is 3.45. The molecule has 7 heteroatoms. The zero-order valence-corrected chi connectivity index (χ0v) is 17.7. The number of thiazole rings is 1. The van der Waals surface area contributed by atoms with Crippen LogP contribution >= 0.6 is 11.3 Å². The van der Waals surface area contributed by atoms with Gasteiger partial charge < -0.3 is 20.1 Å². The van der Waals surface area contributed by atoms with E-state index in [0.717, 1.165) is 28.6 Å². The van der Waals surface area contributed by atoms with Crippen molar-refractivity contribution >= 4 is 23.0 Å². The van der Waals surface area contributed by atoms with Crippen LogP contribution in [0.15, 0.2) is 34.6 Å². The molecule has 2 N–H and O–H groups in total. The number of anilines is 1. The molecule has 1 aromatic carbocycles. The lowest BCUT2D eigenvalue weighted by atomic mass is 9.93. The van der Waals surface area contributed by atoms with Crippen molar-refractivity contribution in [3.63, 3.8) is 0 Å². The Morgan fingerprint density at radius 3 is 2.74 bits per heavy atom. The Kier molecular flexibility index (Phi) is 8.06. The Labute approximate surface area is 166 Å². The molecule has 0 bridgehead atoms. The van der Waals surface area contributed by atoms with Crippen LogP contribution in [0.1, 0.15) is 37.9 Å². The molecule has 0 fully saturated rings. The van der Waals surface area contributed by atoms with Crippen molar-refractivity contribution in [3.05, 3.63) is 40.3 Å². The van der Waals surface area contributed by atoms with E-state index in [-0.39, 0.29) is 5.41 Å². The number of nitrogens with zero attached hydrogens (tertiary/aromatic N) is 2. The van der Waals surface area contributed by atoms with Gasteiger partial charge in [0.05, 0.1) is 18.8 Å². The first-order valence-electron chi connectivity index (χ1n) is 9.06. The maximum absolute atomic E-state index is 5.74. The SMILES string of the molecule is CN=C(NCc1nc(C(C)(C)C)cs1)Nc1cccc(OCCCOC)c1. The summed E-state index contributed by atoms with van der Waals surface area (Å²) in [6.07, 6.45) is 0.863. The lowest BCUT2D eigenvalue weighted by Gasteiger charge is -2.14. The minimum absolute atomic E-state index is 0.0678. The normalized spacial score (nSPS) is 12.1. The van der Waals surface area contributed by atoms with Crippen molar-refractivity contribution in [1.29, 1.82) is 0 Å². The summed E-state index contributed by atoms with van der Waals surface area (Å²) in [4.78, 5) is 8.98. The summed E-state index contributed by atoms with van der Waals surface area (Å²) in [6, 6.07) is 7.84. The molecule has 0 spiro atoms. The van der Waals surface area contributed by atoms with Crippen molar-refractivity contribution in [2.45, 2.75) is 39.2 Å². The van der Waals surface area contributed by atoms with E-state index < -0.39 is 0 Å². The highest BCUT2D eigenvalue weighted by Gasteiger charge is 2.17. The number of benzene rings is 1. The highest BCUT2D eigenvalue weighted by Crippen LogP contribution is 2.23. The van der Waals surface area contributed by atoms with Gasteiger partial charge in [-0.05, 0) is 12.1 Å². The molecule has 2 aromatic rings. The van der Waals surface area contributed by atoms with Gasteiger partial charge in [0.1, 0.15) is 10.8 Å². The van der Waals surface area contributed by atoms with Crippen LogP contribution in [-0.2, 0) is 16.7 Å². The van der Waals surface area contributed by atoms with Gasteiger partial charge >= 0.3 is 0 Å². The molecule has 0 saturated heterocycles. The molecule has 0 aliphatic carbocycles. The van der Waals surface area contributed by atoms with E-state index in [1.807, 2.05) is 24.3 Å². The maximum Gasteiger partial charge on any atom is 0.195 e. The predicted molar refractivity (Wildman–Crippen MR) is 113 cm³/mol. The number of guanidine groups is 1. The highest BCUT2D eigenvalue weighted by atomic mass is 32.1. The minimum Gasteiger partial charge on any atom is -0.493 e. The second-order valence-corrected chi connectivity index (χ2v) is 8.09. The summed E-state index contributed by atoms with van der Waals surface area (Å²) >= 11 is 1.66. The minimum atomic E-state index is 0.0678. The number of ether oxygens (including phenoxy) is 2. The van der Waals surface area contributed by atoms with E-state index in [4.69, 9.17) is 14.5 Å². The van der Waals surface area contributed by atoms with Crippen molar-refractivity contribution in [2.24, 2.45) is 4.99 Å². The lowest BCUT2D eigenvalue weighted by Crippen LogP contribution is -2.30. The molecular formula is C20H30N4O2S. The number of aromatic nitrogens is 1. The molecule has 2 rings (SSSR count). The fourth-order valence-electron chi connectivity index (χ4n) is 2.27. The van der Waals surface area contributed by atoms with Gasteiger partial charge in [0.2, 0.25) is 0 Å². The molecule has 0 amide bonds. The largest absolute Gasteiger partial charge is 0.493 e. The third-order valence-electron chi connectivity index (χ3n) is 3.81. The monoisotopic (exact) mass is 390 g/mol. The predicted octanol–water partition coefficient (Wildman–Crippen LogP) is 4.04. The average Bonchev–Trinajstić information content (AvgIpc) is 3.12. The molecule has 0 aliphatic heterocycles. The molecule has 0 unspecified atom stereocenters. The summed E-state index contributed by atoms with van der Waals surface area (Å²) in [6.45, 7) is 8.47. The van der Waals surface area contributed by atoms with Crippen molar-refractivity contribution in [2.75, 3.05) is 32.7 Å². The van der Waals surface area contributed by atoms with Crippen LogP contribution in [0.25, 0.3) is 0 Å². The molecule has 1 aromatic heterocycles. The fraction of sp³-hybridized carbons (Fsp3) is 0.500. The van der Waals surface area contributed by atoms with Crippen LogP contribution in [-0.4, -0.2) is 38.3 Å².